The van der Waals surface area contributed by atoms with Crippen LogP contribution < -0.4 is 15.5 Å². The van der Waals surface area contributed by atoms with Crippen molar-refractivity contribution >= 4 is 57.3 Å². The summed E-state index contributed by atoms with van der Waals surface area (Å²) in [6.07, 6.45) is 0.154. The average molecular weight is 454 g/mol. The van der Waals surface area contributed by atoms with E-state index in [1.807, 2.05) is 60.7 Å². The van der Waals surface area contributed by atoms with Crippen molar-refractivity contribution in [3.63, 3.8) is 0 Å². The monoisotopic (exact) mass is 453 g/mol. The van der Waals surface area contributed by atoms with E-state index in [0.29, 0.717) is 16.0 Å². The zero-order valence-corrected chi connectivity index (χ0v) is 18.0. The third kappa shape index (κ3) is 5.47. The summed E-state index contributed by atoms with van der Waals surface area (Å²) in [5, 5.41) is 13.9. The van der Waals surface area contributed by atoms with E-state index in [2.05, 4.69) is 20.8 Å². The van der Waals surface area contributed by atoms with Gasteiger partial charge in [-0.15, -0.1) is 10.2 Å². The molecule has 0 radical (unpaired) electrons. The Labute approximate surface area is 187 Å². The van der Waals surface area contributed by atoms with Gasteiger partial charge in [-0.05, 0) is 24.3 Å². The maximum absolute atomic E-state index is 12.6. The summed E-state index contributed by atoms with van der Waals surface area (Å²) < 4.78 is 0.576. The molecule has 1 saturated heterocycles. The number of nitrogens with one attached hydrogen (secondary N) is 2. The summed E-state index contributed by atoms with van der Waals surface area (Å²) in [5.41, 5.74) is 1.51. The van der Waals surface area contributed by atoms with Crippen LogP contribution in [0.25, 0.3) is 0 Å². The molecule has 1 atom stereocenters. The quantitative estimate of drug-likeness (QED) is 0.420. The lowest BCUT2D eigenvalue weighted by Gasteiger charge is -2.16. The Hall–Kier alpha value is -3.24. The Balaban J connectivity index is 1.27. The molecule has 0 aliphatic carbocycles. The molecule has 0 unspecified atom stereocenters. The van der Waals surface area contributed by atoms with E-state index in [0.717, 1.165) is 11.4 Å². The lowest BCUT2D eigenvalue weighted by atomic mass is 10.1. The minimum atomic E-state index is -0.454. The first kappa shape index (κ1) is 21.0. The Kier molecular flexibility index (Phi) is 6.58. The smallest absolute Gasteiger partial charge is 0.234 e. The fourth-order valence-corrected chi connectivity index (χ4v) is 4.67. The van der Waals surface area contributed by atoms with Gasteiger partial charge in [0.05, 0.1) is 11.7 Å². The molecule has 2 heterocycles. The highest BCUT2D eigenvalue weighted by molar-refractivity contribution is 8.01. The second-order valence-electron chi connectivity index (χ2n) is 6.81. The third-order valence-corrected chi connectivity index (χ3v) is 6.56. The molecule has 1 aliphatic rings. The average Bonchev–Trinajstić information content (AvgIpc) is 3.40. The molecule has 4 rings (SSSR count). The zero-order chi connectivity index (χ0) is 21.6. The molecule has 31 heavy (non-hydrogen) atoms. The zero-order valence-electron chi connectivity index (χ0n) is 16.4. The van der Waals surface area contributed by atoms with Crippen LogP contribution in [0, 0.1) is 5.92 Å². The molecule has 158 valence electrons. The maximum Gasteiger partial charge on any atom is 0.234 e. The van der Waals surface area contributed by atoms with Gasteiger partial charge in [0.15, 0.2) is 4.34 Å². The van der Waals surface area contributed by atoms with Gasteiger partial charge in [0.2, 0.25) is 22.9 Å². The Morgan fingerprint density at radius 3 is 2.48 bits per heavy atom. The second kappa shape index (κ2) is 9.71. The van der Waals surface area contributed by atoms with Crippen LogP contribution in [-0.2, 0) is 14.4 Å². The maximum atomic E-state index is 12.6. The minimum absolute atomic E-state index is 0.0794. The summed E-state index contributed by atoms with van der Waals surface area (Å²) in [4.78, 5) is 38.6. The summed E-state index contributed by atoms with van der Waals surface area (Å²) >= 11 is 2.44. The van der Waals surface area contributed by atoms with Gasteiger partial charge in [-0.25, -0.2) is 0 Å². The van der Waals surface area contributed by atoms with Crippen LogP contribution in [0.4, 0.5) is 16.5 Å². The highest BCUT2D eigenvalue weighted by Crippen LogP contribution is 2.28. The predicted octanol–water partition coefficient (Wildman–Crippen LogP) is 3.26. The summed E-state index contributed by atoms with van der Waals surface area (Å²) in [5.74, 6) is -0.766. The first-order chi connectivity index (χ1) is 15.1. The van der Waals surface area contributed by atoms with Crippen molar-refractivity contribution in [3.8, 4) is 0 Å². The molecule has 2 aromatic carbocycles. The van der Waals surface area contributed by atoms with Crippen molar-refractivity contribution in [2.75, 3.05) is 27.8 Å². The number of amides is 3. The van der Waals surface area contributed by atoms with Gasteiger partial charge in [0.1, 0.15) is 0 Å². The van der Waals surface area contributed by atoms with Crippen molar-refractivity contribution in [3.05, 3.63) is 60.7 Å². The van der Waals surface area contributed by atoms with Gasteiger partial charge in [-0.3, -0.25) is 14.4 Å². The lowest BCUT2D eigenvalue weighted by molar-refractivity contribution is -0.122. The van der Waals surface area contributed by atoms with Crippen LogP contribution in [-0.4, -0.2) is 40.2 Å². The fraction of sp³-hybridized carbons (Fsp3) is 0.190. The van der Waals surface area contributed by atoms with Crippen LogP contribution in [0.15, 0.2) is 65.0 Å². The first-order valence-electron chi connectivity index (χ1n) is 9.56. The standard InChI is InChI=1S/C21H19N5O3S2/c27-17(22-15-7-3-1-4-8-15)13-30-21-25-24-20(31-21)23-19(29)14-11-18(28)26(12-14)16-9-5-2-6-10-16/h1-10,14H,11-13H2,(H,22,27)(H,23,24,29)/t14-/m1/s1. The van der Waals surface area contributed by atoms with E-state index in [9.17, 15) is 14.4 Å². The van der Waals surface area contributed by atoms with E-state index in [1.54, 1.807) is 4.90 Å². The normalized spacial score (nSPS) is 15.7. The number of rotatable bonds is 7. The number of aromatic nitrogens is 2. The largest absolute Gasteiger partial charge is 0.325 e. The van der Waals surface area contributed by atoms with Crippen LogP contribution in [0.3, 0.4) is 0 Å². The number of carbonyl (C=O) groups is 3. The molecule has 8 nitrogen and oxygen atoms in total. The second-order valence-corrected chi connectivity index (χ2v) is 9.01. The molecule has 0 spiro atoms. The van der Waals surface area contributed by atoms with E-state index >= 15 is 0 Å². The topological polar surface area (TPSA) is 104 Å². The molecule has 3 aromatic rings. The number of benzene rings is 2. The molecular weight excluding hydrogens is 434 g/mol. The number of thioether (sulfide) groups is 1. The van der Waals surface area contributed by atoms with E-state index in [4.69, 9.17) is 0 Å². The minimum Gasteiger partial charge on any atom is -0.325 e. The van der Waals surface area contributed by atoms with Crippen LogP contribution in [0.2, 0.25) is 0 Å². The van der Waals surface area contributed by atoms with Gasteiger partial charge in [0.25, 0.3) is 0 Å². The van der Waals surface area contributed by atoms with Gasteiger partial charge >= 0.3 is 0 Å². The number of hydrogen-bond acceptors (Lipinski definition) is 7. The van der Waals surface area contributed by atoms with Crippen molar-refractivity contribution in [2.24, 2.45) is 5.92 Å². The molecule has 1 fully saturated rings. The van der Waals surface area contributed by atoms with Crippen molar-refractivity contribution in [1.29, 1.82) is 0 Å². The van der Waals surface area contributed by atoms with Gasteiger partial charge in [-0.1, -0.05) is 59.5 Å². The lowest BCUT2D eigenvalue weighted by Crippen LogP contribution is -2.28. The predicted molar refractivity (Wildman–Crippen MR) is 121 cm³/mol. The van der Waals surface area contributed by atoms with E-state index in [1.165, 1.54) is 23.1 Å². The number of carbonyl (C=O) groups excluding carboxylic acids is 3. The molecular formula is C21H19N5O3S2. The molecule has 0 bridgehead atoms. The first-order valence-corrected chi connectivity index (χ1v) is 11.4. The van der Waals surface area contributed by atoms with Crippen molar-refractivity contribution < 1.29 is 14.4 Å². The Bertz CT molecular complexity index is 1070. The molecule has 1 aliphatic heterocycles. The highest BCUT2D eigenvalue weighted by Gasteiger charge is 2.35. The molecule has 1 aromatic heterocycles. The summed E-state index contributed by atoms with van der Waals surface area (Å²) in [6, 6.07) is 18.5. The third-order valence-electron chi connectivity index (χ3n) is 4.58. The highest BCUT2D eigenvalue weighted by atomic mass is 32.2. The number of para-hydroxylation sites is 2. The Morgan fingerprint density at radius 1 is 1.03 bits per heavy atom. The van der Waals surface area contributed by atoms with Gasteiger partial charge < -0.3 is 15.5 Å². The van der Waals surface area contributed by atoms with E-state index < -0.39 is 5.92 Å². The van der Waals surface area contributed by atoms with Gasteiger partial charge in [0, 0.05) is 24.3 Å². The van der Waals surface area contributed by atoms with Gasteiger partial charge in [-0.2, -0.15) is 0 Å². The molecule has 10 heteroatoms. The number of anilines is 3. The molecule has 3 amide bonds. The number of nitrogens with zero attached hydrogens (tertiary/aromatic N) is 3. The Morgan fingerprint density at radius 2 is 1.74 bits per heavy atom. The van der Waals surface area contributed by atoms with Crippen LogP contribution in [0.1, 0.15) is 6.42 Å². The van der Waals surface area contributed by atoms with Crippen molar-refractivity contribution in [2.45, 2.75) is 10.8 Å². The summed E-state index contributed by atoms with van der Waals surface area (Å²) in [6.45, 7) is 0.328. The number of hydrogen-bond donors (Lipinski definition) is 2. The molecule has 2 N–H and O–H groups in total. The molecule has 0 saturated carbocycles. The van der Waals surface area contributed by atoms with E-state index in [-0.39, 0.29) is 29.9 Å². The van der Waals surface area contributed by atoms with Crippen LogP contribution in [0.5, 0.6) is 0 Å². The van der Waals surface area contributed by atoms with Crippen LogP contribution >= 0.6 is 23.1 Å². The SMILES string of the molecule is O=C(CSc1nnc(NC(=O)[C@@H]2CC(=O)N(c3ccccc3)C2)s1)Nc1ccccc1. The summed E-state index contributed by atoms with van der Waals surface area (Å²) in [7, 11) is 0. The van der Waals surface area contributed by atoms with Crippen molar-refractivity contribution in [1.82, 2.24) is 10.2 Å². The fourth-order valence-electron chi connectivity index (χ4n) is 3.11.